The maximum atomic E-state index is 13.0. The van der Waals surface area contributed by atoms with Gasteiger partial charge in [0.25, 0.3) is 0 Å². The largest absolute Gasteiger partial charge is 0.573 e. The number of urea groups is 1. The van der Waals surface area contributed by atoms with Crippen LogP contribution in [0.2, 0.25) is 0 Å². The van der Waals surface area contributed by atoms with Crippen LogP contribution < -0.4 is 19.7 Å². The minimum atomic E-state index is -4.76. The summed E-state index contributed by atoms with van der Waals surface area (Å²) in [5.74, 6) is 1.97. The van der Waals surface area contributed by atoms with Crippen molar-refractivity contribution >= 4 is 28.6 Å². The highest BCUT2D eigenvalue weighted by Gasteiger charge is 2.31. The van der Waals surface area contributed by atoms with Crippen LogP contribution in [0.3, 0.4) is 0 Å². The fraction of sp³-hybridized carbons (Fsp3) is 0.290. The smallest absolute Gasteiger partial charge is 0.497 e. The number of rotatable bonds is 8. The highest BCUT2D eigenvalue weighted by molar-refractivity contribution is 8.14. The Bertz CT molecular complexity index is 1640. The molecule has 44 heavy (non-hydrogen) atoms. The van der Waals surface area contributed by atoms with Crippen molar-refractivity contribution in [3.8, 4) is 28.6 Å². The van der Waals surface area contributed by atoms with Gasteiger partial charge >= 0.3 is 12.4 Å². The molecule has 0 bridgehead atoms. The number of anilines is 1. The monoisotopic (exact) mass is 624 g/mol. The van der Waals surface area contributed by atoms with E-state index in [1.165, 1.54) is 35.3 Å². The number of nitrogens with zero attached hydrogens (tertiary/aromatic N) is 5. The Labute approximate surface area is 257 Å². The molecule has 1 atom stereocenters. The van der Waals surface area contributed by atoms with Crippen LogP contribution in [0.1, 0.15) is 43.9 Å². The van der Waals surface area contributed by atoms with Crippen LogP contribution in [0, 0.1) is 0 Å². The van der Waals surface area contributed by atoms with Crippen LogP contribution >= 0.6 is 11.8 Å². The van der Waals surface area contributed by atoms with Gasteiger partial charge in [0.15, 0.2) is 11.0 Å². The maximum absolute atomic E-state index is 13.0. The maximum Gasteiger partial charge on any atom is 0.573 e. The summed E-state index contributed by atoms with van der Waals surface area (Å²) in [6.45, 7) is 6.88. The van der Waals surface area contributed by atoms with Crippen molar-refractivity contribution in [2.24, 2.45) is 4.99 Å². The number of benzene rings is 3. The number of methoxy groups -OCH3 is 1. The van der Waals surface area contributed by atoms with E-state index in [0.717, 1.165) is 40.4 Å². The first kappa shape index (κ1) is 30.9. The zero-order valence-corrected chi connectivity index (χ0v) is 25.3. The zero-order chi connectivity index (χ0) is 31.4. The Morgan fingerprint density at radius 1 is 1.02 bits per heavy atom. The average Bonchev–Trinajstić information content (AvgIpc) is 3.67. The van der Waals surface area contributed by atoms with Crippen LogP contribution in [-0.4, -0.2) is 51.7 Å². The summed E-state index contributed by atoms with van der Waals surface area (Å²) in [5, 5.41) is 8.03. The van der Waals surface area contributed by atoms with Crippen molar-refractivity contribution in [3.63, 3.8) is 0 Å². The number of amidine groups is 1. The van der Waals surface area contributed by atoms with Gasteiger partial charge in [0.1, 0.15) is 17.8 Å². The van der Waals surface area contributed by atoms with Crippen molar-refractivity contribution < 1.29 is 27.4 Å². The van der Waals surface area contributed by atoms with Gasteiger partial charge in [-0.2, -0.15) is 4.99 Å². The van der Waals surface area contributed by atoms with Gasteiger partial charge in [-0.1, -0.05) is 55.9 Å². The number of amides is 2. The Morgan fingerprint density at radius 3 is 2.39 bits per heavy atom. The van der Waals surface area contributed by atoms with Crippen LogP contribution in [0.4, 0.5) is 23.7 Å². The van der Waals surface area contributed by atoms with Gasteiger partial charge in [0, 0.05) is 29.6 Å². The molecule has 2 heterocycles. The molecule has 13 heteroatoms. The van der Waals surface area contributed by atoms with Gasteiger partial charge in [-0.15, -0.1) is 18.3 Å². The van der Waals surface area contributed by atoms with Gasteiger partial charge < -0.3 is 19.7 Å². The van der Waals surface area contributed by atoms with Crippen molar-refractivity contribution in [2.45, 2.75) is 39.1 Å². The molecule has 1 aliphatic rings. The lowest BCUT2D eigenvalue weighted by molar-refractivity contribution is -0.274. The molecule has 1 aromatic heterocycles. The summed E-state index contributed by atoms with van der Waals surface area (Å²) in [6.07, 6.45) is -3.28. The quantitative estimate of drug-likeness (QED) is 0.219. The molecule has 1 aliphatic heterocycles. The van der Waals surface area contributed by atoms with Crippen LogP contribution in [0.5, 0.6) is 11.5 Å². The number of hydrogen-bond donors (Lipinski definition) is 1. The lowest BCUT2D eigenvalue weighted by Crippen LogP contribution is -2.29. The topological polar surface area (TPSA) is 93.9 Å². The molecule has 0 saturated carbocycles. The highest BCUT2D eigenvalue weighted by Crippen LogP contribution is 2.35. The van der Waals surface area contributed by atoms with Gasteiger partial charge in [-0.25, -0.2) is 14.5 Å². The summed E-state index contributed by atoms with van der Waals surface area (Å²) in [6, 6.07) is 18.0. The molecule has 9 nitrogen and oxygen atoms in total. The van der Waals surface area contributed by atoms with Crippen molar-refractivity contribution in [1.29, 1.82) is 0 Å². The molecule has 230 valence electrons. The molecular formula is C31H31F3N6O3S. The normalized spacial score (nSPS) is 15.1. The second-order valence-corrected chi connectivity index (χ2v) is 11.4. The number of hydrogen-bond acceptors (Lipinski definition) is 6. The molecule has 5 rings (SSSR count). The standard InChI is InChI=1S/C31H31F3N6O3S/c1-19(2)26-14-13-25(42-4)17-27(26)39-15-16-44-30(39)37-29(41)36-20(3)21-5-7-22(8-6-21)28-35-18-40(38-28)23-9-11-24(12-10-23)43-31(32,33)34/h5-14,17-20H,15-16H2,1-4H3,(H,36,41). The number of nitrogens with one attached hydrogen (secondary N) is 1. The molecule has 1 N–H and O–H groups in total. The first-order chi connectivity index (χ1) is 21.0. The van der Waals surface area contributed by atoms with Crippen LogP contribution in [0.15, 0.2) is 78.0 Å². The lowest BCUT2D eigenvalue weighted by Gasteiger charge is -2.24. The predicted octanol–water partition coefficient (Wildman–Crippen LogP) is 7.34. The molecule has 0 aliphatic carbocycles. The summed E-state index contributed by atoms with van der Waals surface area (Å²) in [5.41, 5.74) is 4.28. The van der Waals surface area contributed by atoms with Gasteiger partial charge in [-0.05, 0) is 54.3 Å². The van der Waals surface area contributed by atoms with Crippen LogP contribution in [-0.2, 0) is 0 Å². The van der Waals surface area contributed by atoms with Crippen LogP contribution in [0.25, 0.3) is 17.1 Å². The summed E-state index contributed by atoms with van der Waals surface area (Å²) in [7, 11) is 1.63. The number of aromatic nitrogens is 3. The Hall–Kier alpha value is -4.52. The van der Waals surface area contributed by atoms with E-state index >= 15 is 0 Å². The van der Waals surface area contributed by atoms with E-state index < -0.39 is 12.4 Å². The van der Waals surface area contributed by atoms with Crippen molar-refractivity contribution in [2.75, 3.05) is 24.3 Å². The van der Waals surface area contributed by atoms with Gasteiger partial charge in [0.05, 0.1) is 18.8 Å². The number of ether oxygens (including phenoxy) is 2. The first-order valence-corrected chi connectivity index (χ1v) is 14.8. The third-order valence-electron chi connectivity index (χ3n) is 6.96. The molecular weight excluding hydrogens is 593 g/mol. The summed E-state index contributed by atoms with van der Waals surface area (Å²) < 4.78 is 48.1. The summed E-state index contributed by atoms with van der Waals surface area (Å²) >= 11 is 1.54. The Morgan fingerprint density at radius 2 is 1.73 bits per heavy atom. The van der Waals surface area contributed by atoms with E-state index in [2.05, 4.69) is 49.9 Å². The lowest BCUT2D eigenvalue weighted by atomic mass is 10.00. The number of carbonyl (C=O) groups is 1. The third kappa shape index (κ3) is 7.33. The SMILES string of the molecule is COc1ccc(C(C)C)c(N2CCSC2=NC(=O)NC(C)c2ccc(-c3ncn(-c4ccc(OC(F)(F)F)cc4)n3)cc2)c1. The van der Waals surface area contributed by atoms with E-state index in [-0.39, 0.29) is 17.7 Å². The summed E-state index contributed by atoms with van der Waals surface area (Å²) in [4.78, 5) is 23.8. The molecule has 1 fully saturated rings. The molecule has 3 aromatic carbocycles. The molecule has 0 spiro atoms. The number of aliphatic imine (C=N–C) groups is 1. The Balaban J connectivity index is 1.24. The molecule has 1 saturated heterocycles. The fourth-order valence-corrected chi connectivity index (χ4v) is 5.67. The fourth-order valence-electron chi connectivity index (χ4n) is 4.72. The number of halogens is 3. The van der Waals surface area contributed by atoms with E-state index in [9.17, 15) is 18.0 Å². The van der Waals surface area contributed by atoms with E-state index in [1.807, 2.05) is 43.3 Å². The molecule has 2 amide bonds. The molecule has 4 aromatic rings. The third-order valence-corrected chi connectivity index (χ3v) is 7.92. The van der Waals surface area contributed by atoms with E-state index in [4.69, 9.17) is 4.74 Å². The predicted molar refractivity (Wildman–Crippen MR) is 165 cm³/mol. The molecule has 0 radical (unpaired) electrons. The second-order valence-electron chi connectivity index (χ2n) is 10.3. The minimum absolute atomic E-state index is 0.289. The second kappa shape index (κ2) is 13.0. The number of alkyl halides is 3. The van der Waals surface area contributed by atoms with Gasteiger partial charge in [-0.3, -0.25) is 0 Å². The van der Waals surface area contributed by atoms with E-state index in [1.54, 1.807) is 18.9 Å². The number of thioether (sulfide) groups is 1. The first-order valence-electron chi connectivity index (χ1n) is 13.9. The average molecular weight is 625 g/mol. The highest BCUT2D eigenvalue weighted by atomic mass is 32.2. The van der Waals surface area contributed by atoms with E-state index in [0.29, 0.717) is 16.7 Å². The molecule has 1 unspecified atom stereocenters. The Kier molecular flexibility index (Phi) is 9.14. The van der Waals surface area contributed by atoms with Crippen molar-refractivity contribution in [1.82, 2.24) is 20.1 Å². The van der Waals surface area contributed by atoms with Crippen molar-refractivity contribution in [3.05, 3.63) is 84.2 Å². The van der Waals surface area contributed by atoms with Gasteiger partial charge in [0.2, 0.25) is 0 Å². The zero-order valence-electron chi connectivity index (χ0n) is 24.5. The number of carbonyl (C=O) groups excluding carboxylic acids is 1. The minimum Gasteiger partial charge on any atom is -0.497 e.